The van der Waals surface area contributed by atoms with Crippen LogP contribution in [0.15, 0.2) is 30.5 Å². The molecule has 3 rings (SSSR count). The molecule has 1 aromatic heterocycles. The lowest BCUT2D eigenvalue weighted by Crippen LogP contribution is -2.49. The number of amides is 1. The molecule has 0 unspecified atom stereocenters. The summed E-state index contributed by atoms with van der Waals surface area (Å²) in [6.45, 7) is 4.29. The average molecular weight is 366 g/mol. The van der Waals surface area contributed by atoms with E-state index in [1.807, 2.05) is 11.8 Å². The summed E-state index contributed by atoms with van der Waals surface area (Å²) in [5.74, 6) is 0.827. The van der Waals surface area contributed by atoms with Crippen LogP contribution >= 0.6 is 23.2 Å². The topological polar surface area (TPSA) is 56.7 Å². The van der Waals surface area contributed by atoms with Gasteiger partial charge in [-0.05, 0) is 36.8 Å². The number of halogens is 2. The number of carbonyl (C=O) groups is 1. The Hall–Kier alpha value is -1.98. The highest BCUT2D eigenvalue weighted by Crippen LogP contribution is 2.27. The lowest BCUT2D eigenvalue weighted by atomic mass is 10.1. The van der Waals surface area contributed by atoms with Gasteiger partial charge < -0.3 is 14.9 Å². The molecule has 0 atom stereocenters. The fraction of sp³-hybridized carbons (Fsp3) is 0.294. The summed E-state index contributed by atoms with van der Waals surface area (Å²) >= 11 is 12.1. The summed E-state index contributed by atoms with van der Waals surface area (Å²) in [4.78, 5) is 20.8. The zero-order valence-corrected chi connectivity index (χ0v) is 14.7. The number of phenolic OH excluding ortho intramolecular Hbond substituents is 1. The smallest absolute Gasteiger partial charge is 0.254 e. The van der Waals surface area contributed by atoms with Gasteiger partial charge in [-0.1, -0.05) is 23.2 Å². The molecule has 1 aromatic carbocycles. The van der Waals surface area contributed by atoms with Crippen molar-refractivity contribution < 1.29 is 9.90 Å². The third-order valence-corrected chi connectivity index (χ3v) is 4.58. The van der Waals surface area contributed by atoms with Gasteiger partial charge in [0, 0.05) is 37.9 Å². The number of aryl methyl sites for hydroxylation is 1. The Morgan fingerprint density at radius 2 is 1.88 bits per heavy atom. The Morgan fingerprint density at radius 1 is 1.17 bits per heavy atom. The number of aromatic hydroxyl groups is 1. The van der Waals surface area contributed by atoms with Crippen LogP contribution in [0, 0.1) is 6.92 Å². The quantitative estimate of drug-likeness (QED) is 0.886. The first kappa shape index (κ1) is 16.9. The molecule has 126 valence electrons. The zero-order valence-electron chi connectivity index (χ0n) is 13.2. The first-order chi connectivity index (χ1) is 11.5. The van der Waals surface area contributed by atoms with Gasteiger partial charge in [-0.3, -0.25) is 4.79 Å². The standard InChI is InChI=1S/C17H17Cl2N3O2/c1-11-8-13(23)2-3-14(11)17(24)22-6-4-21(5-7-22)16-15(19)9-12(18)10-20-16/h2-3,8-10,23H,4-7H2,1H3. The molecule has 0 saturated carbocycles. The Labute approximate surface area is 150 Å². The predicted molar refractivity (Wildman–Crippen MR) is 95.2 cm³/mol. The summed E-state index contributed by atoms with van der Waals surface area (Å²) in [7, 11) is 0. The van der Waals surface area contributed by atoms with Crippen LogP contribution < -0.4 is 4.90 Å². The maximum absolute atomic E-state index is 12.7. The van der Waals surface area contributed by atoms with Crippen molar-refractivity contribution in [2.24, 2.45) is 0 Å². The van der Waals surface area contributed by atoms with Crippen LogP contribution in [0.2, 0.25) is 10.0 Å². The van der Waals surface area contributed by atoms with Crippen LogP contribution in [0.25, 0.3) is 0 Å². The van der Waals surface area contributed by atoms with Gasteiger partial charge in [0.25, 0.3) is 5.91 Å². The Morgan fingerprint density at radius 3 is 2.50 bits per heavy atom. The summed E-state index contributed by atoms with van der Waals surface area (Å²) < 4.78 is 0. The van der Waals surface area contributed by atoms with Crippen LogP contribution in [-0.2, 0) is 0 Å². The Balaban J connectivity index is 1.69. The molecule has 1 amide bonds. The van der Waals surface area contributed by atoms with Gasteiger partial charge in [-0.2, -0.15) is 0 Å². The van der Waals surface area contributed by atoms with E-state index < -0.39 is 0 Å². The number of aromatic nitrogens is 1. The summed E-state index contributed by atoms with van der Waals surface area (Å²) in [6, 6.07) is 6.47. The van der Waals surface area contributed by atoms with E-state index in [9.17, 15) is 9.90 Å². The van der Waals surface area contributed by atoms with Gasteiger partial charge in [0.15, 0.2) is 0 Å². The molecular formula is C17H17Cl2N3O2. The molecule has 0 bridgehead atoms. The van der Waals surface area contributed by atoms with Crippen LogP contribution in [0.1, 0.15) is 15.9 Å². The number of nitrogens with zero attached hydrogens (tertiary/aromatic N) is 3. The second-order valence-corrected chi connectivity index (χ2v) is 6.58. The molecule has 1 N–H and O–H groups in total. The molecule has 1 fully saturated rings. The zero-order chi connectivity index (χ0) is 17.3. The van der Waals surface area contributed by atoms with Gasteiger partial charge in [-0.25, -0.2) is 4.98 Å². The van der Waals surface area contributed by atoms with E-state index >= 15 is 0 Å². The van der Waals surface area contributed by atoms with Crippen molar-refractivity contribution in [2.45, 2.75) is 6.92 Å². The van der Waals surface area contributed by atoms with Crippen LogP contribution in [0.5, 0.6) is 5.75 Å². The lowest BCUT2D eigenvalue weighted by Gasteiger charge is -2.36. The van der Waals surface area contributed by atoms with Gasteiger partial charge in [0.1, 0.15) is 11.6 Å². The van der Waals surface area contributed by atoms with Crippen LogP contribution in [-0.4, -0.2) is 47.1 Å². The molecule has 1 aliphatic heterocycles. The van der Waals surface area contributed by atoms with Crippen molar-refractivity contribution in [1.29, 1.82) is 0 Å². The number of carbonyl (C=O) groups excluding carboxylic acids is 1. The molecule has 1 aliphatic rings. The summed E-state index contributed by atoms with van der Waals surface area (Å²) in [5.41, 5.74) is 1.38. The van der Waals surface area contributed by atoms with Crippen molar-refractivity contribution >= 4 is 34.9 Å². The largest absolute Gasteiger partial charge is 0.508 e. The SMILES string of the molecule is Cc1cc(O)ccc1C(=O)N1CCN(c2ncc(Cl)cc2Cl)CC1. The number of piperazine rings is 1. The first-order valence-electron chi connectivity index (χ1n) is 7.60. The average Bonchev–Trinajstić information content (AvgIpc) is 2.54. The van der Waals surface area contributed by atoms with Crippen molar-refractivity contribution in [3.8, 4) is 5.75 Å². The molecule has 0 spiro atoms. The monoisotopic (exact) mass is 365 g/mol. The van der Waals surface area contributed by atoms with E-state index in [1.165, 1.54) is 6.07 Å². The number of anilines is 1. The van der Waals surface area contributed by atoms with E-state index in [4.69, 9.17) is 23.2 Å². The number of rotatable bonds is 2. The third kappa shape index (κ3) is 3.42. The van der Waals surface area contributed by atoms with Gasteiger partial charge in [-0.15, -0.1) is 0 Å². The fourth-order valence-corrected chi connectivity index (χ4v) is 3.32. The predicted octanol–water partition coefficient (Wildman–Crippen LogP) is 3.36. The maximum atomic E-state index is 12.7. The fourth-order valence-electron chi connectivity index (χ4n) is 2.82. The van der Waals surface area contributed by atoms with Crippen LogP contribution in [0.4, 0.5) is 5.82 Å². The first-order valence-corrected chi connectivity index (χ1v) is 8.36. The van der Waals surface area contributed by atoms with Crippen molar-refractivity contribution in [2.75, 3.05) is 31.1 Å². The van der Waals surface area contributed by atoms with E-state index in [2.05, 4.69) is 4.98 Å². The second kappa shape index (κ2) is 6.87. The van der Waals surface area contributed by atoms with Gasteiger partial charge >= 0.3 is 0 Å². The van der Waals surface area contributed by atoms with E-state index in [1.54, 1.807) is 29.3 Å². The maximum Gasteiger partial charge on any atom is 0.254 e. The minimum absolute atomic E-state index is 0.0256. The minimum Gasteiger partial charge on any atom is -0.508 e. The number of phenols is 1. The lowest BCUT2D eigenvalue weighted by molar-refractivity contribution is 0.0746. The highest BCUT2D eigenvalue weighted by molar-refractivity contribution is 6.36. The van der Waals surface area contributed by atoms with E-state index in [0.29, 0.717) is 47.6 Å². The Bertz CT molecular complexity index is 774. The molecule has 2 heterocycles. The summed E-state index contributed by atoms with van der Waals surface area (Å²) in [6.07, 6.45) is 1.57. The van der Waals surface area contributed by atoms with Crippen molar-refractivity contribution in [3.63, 3.8) is 0 Å². The van der Waals surface area contributed by atoms with E-state index in [-0.39, 0.29) is 11.7 Å². The molecule has 2 aromatic rings. The highest BCUT2D eigenvalue weighted by Gasteiger charge is 2.24. The molecule has 24 heavy (non-hydrogen) atoms. The minimum atomic E-state index is -0.0256. The molecule has 0 radical (unpaired) electrons. The summed E-state index contributed by atoms with van der Waals surface area (Å²) in [5, 5.41) is 10.5. The van der Waals surface area contributed by atoms with Crippen molar-refractivity contribution in [3.05, 3.63) is 51.6 Å². The third-order valence-electron chi connectivity index (χ3n) is 4.10. The van der Waals surface area contributed by atoms with Crippen molar-refractivity contribution in [1.82, 2.24) is 9.88 Å². The molecule has 7 heteroatoms. The number of benzene rings is 1. The molecule has 5 nitrogen and oxygen atoms in total. The van der Waals surface area contributed by atoms with E-state index in [0.717, 1.165) is 5.56 Å². The molecule has 0 aliphatic carbocycles. The number of hydrogen-bond acceptors (Lipinski definition) is 4. The molecular weight excluding hydrogens is 349 g/mol. The number of pyridine rings is 1. The van der Waals surface area contributed by atoms with Gasteiger partial charge in [0.05, 0.1) is 10.0 Å². The normalized spacial score (nSPS) is 14.8. The second-order valence-electron chi connectivity index (χ2n) is 5.74. The van der Waals surface area contributed by atoms with Gasteiger partial charge in [0.2, 0.25) is 0 Å². The number of hydrogen-bond donors (Lipinski definition) is 1. The highest BCUT2D eigenvalue weighted by atomic mass is 35.5. The van der Waals surface area contributed by atoms with Crippen LogP contribution in [0.3, 0.4) is 0 Å². The molecule has 1 saturated heterocycles. The Kier molecular flexibility index (Phi) is 4.83.